The first-order valence-corrected chi connectivity index (χ1v) is 6.24. The van der Waals surface area contributed by atoms with Gasteiger partial charge < -0.3 is 20.7 Å². The van der Waals surface area contributed by atoms with Gasteiger partial charge in [-0.2, -0.15) is 0 Å². The van der Waals surface area contributed by atoms with Gasteiger partial charge in [-0.25, -0.2) is 4.98 Å². The fourth-order valence-electron chi connectivity index (χ4n) is 2.00. The molecule has 1 heterocycles. The Balaban J connectivity index is 2.32. The molecule has 5 nitrogen and oxygen atoms in total. The van der Waals surface area contributed by atoms with E-state index in [0.29, 0.717) is 6.04 Å². The van der Waals surface area contributed by atoms with E-state index < -0.39 is 0 Å². The first-order chi connectivity index (χ1) is 8.61. The number of aromatic nitrogens is 2. The lowest BCUT2D eigenvalue weighted by molar-refractivity contribution is 0.288. The molecule has 2 rings (SSSR count). The van der Waals surface area contributed by atoms with Gasteiger partial charge >= 0.3 is 0 Å². The number of benzene rings is 1. The first-order valence-electron chi connectivity index (χ1n) is 6.24. The number of imidazole rings is 1. The molecule has 0 fully saturated rings. The number of rotatable bonds is 5. The maximum Gasteiger partial charge on any atom is 0.204 e. The Labute approximate surface area is 107 Å². The summed E-state index contributed by atoms with van der Waals surface area (Å²) in [7, 11) is 0. The van der Waals surface area contributed by atoms with Gasteiger partial charge in [-0.05, 0) is 38.5 Å². The lowest BCUT2D eigenvalue weighted by Crippen LogP contribution is -2.33. The maximum absolute atomic E-state index is 8.95. The molecule has 0 bridgehead atoms. The van der Waals surface area contributed by atoms with E-state index in [2.05, 4.69) is 28.7 Å². The molecule has 0 aliphatic carbocycles. The van der Waals surface area contributed by atoms with Crippen LogP contribution in [0.15, 0.2) is 18.2 Å². The lowest BCUT2D eigenvalue weighted by Gasteiger charge is -2.25. The van der Waals surface area contributed by atoms with Crippen LogP contribution in [0.4, 0.5) is 11.6 Å². The summed E-state index contributed by atoms with van der Waals surface area (Å²) >= 11 is 0. The fourth-order valence-corrected chi connectivity index (χ4v) is 2.00. The molecule has 98 valence electrons. The topological polar surface area (TPSA) is 78.2 Å². The molecule has 5 heteroatoms. The number of hydrogen-bond donors (Lipinski definition) is 3. The van der Waals surface area contributed by atoms with E-state index in [-0.39, 0.29) is 6.61 Å². The largest absolute Gasteiger partial charge is 0.399 e. The van der Waals surface area contributed by atoms with Gasteiger partial charge in [-0.1, -0.05) is 0 Å². The van der Waals surface area contributed by atoms with Crippen LogP contribution in [-0.4, -0.2) is 34.3 Å². The molecule has 0 aliphatic rings. The Kier molecular flexibility index (Phi) is 3.72. The number of nitrogens with one attached hydrogen (secondary N) is 1. The predicted octanol–water partition coefficient (Wildman–Crippen LogP) is 1.74. The van der Waals surface area contributed by atoms with E-state index in [1.165, 1.54) is 0 Å². The molecule has 0 aliphatic heterocycles. The van der Waals surface area contributed by atoms with E-state index in [0.717, 1.165) is 35.6 Å². The van der Waals surface area contributed by atoms with Crippen molar-refractivity contribution in [1.82, 2.24) is 9.97 Å². The van der Waals surface area contributed by atoms with Gasteiger partial charge in [-0.15, -0.1) is 0 Å². The van der Waals surface area contributed by atoms with Crippen LogP contribution in [0.1, 0.15) is 20.3 Å². The highest BCUT2D eigenvalue weighted by Gasteiger charge is 2.14. The Morgan fingerprint density at radius 2 is 2.22 bits per heavy atom. The number of aliphatic hydroxyl groups is 1. The SMILES string of the molecule is CC(C)N(CCCO)c1nc2ccc(N)cc2[nH]1. The zero-order chi connectivity index (χ0) is 13.1. The second kappa shape index (κ2) is 5.27. The molecule has 0 radical (unpaired) electrons. The number of H-pyrrole nitrogens is 1. The summed E-state index contributed by atoms with van der Waals surface area (Å²) in [6.07, 6.45) is 0.733. The molecule has 0 saturated carbocycles. The molecular formula is C13H20N4O. The van der Waals surface area contributed by atoms with E-state index in [9.17, 15) is 0 Å². The van der Waals surface area contributed by atoms with Crippen molar-refractivity contribution in [2.24, 2.45) is 0 Å². The Morgan fingerprint density at radius 3 is 2.89 bits per heavy atom. The van der Waals surface area contributed by atoms with Crippen LogP contribution in [0, 0.1) is 0 Å². The van der Waals surface area contributed by atoms with Crippen molar-refractivity contribution in [1.29, 1.82) is 0 Å². The van der Waals surface area contributed by atoms with Gasteiger partial charge in [0.25, 0.3) is 0 Å². The Bertz CT molecular complexity index is 521. The minimum atomic E-state index is 0.191. The maximum atomic E-state index is 8.95. The van der Waals surface area contributed by atoms with E-state index in [4.69, 9.17) is 10.8 Å². The van der Waals surface area contributed by atoms with Crippen LogP contribution in [0.25, 0.3) is 11.0 Å². The zero-order valence-electron chi connectivity index (χ0n) is 10.8. The van der Waals surface area contributed by atoms with Gasteiger partial charge in [0.2, 0.25) is 5.95 Å². The van der Waals surface area contributed by atoms with Crippen molar-refractivity contribution >= 4 is 22.7 Å². The van der Waals surface area contributed by atoms with Crippen molar-refractivity contribution in [3.63, 3.8) is 0 Å². The average Bonchev–Trinajstić information content (AvgIpc) is 2.71. The molecule has 0 spiro atoms. The predicted molar refractivity (Wildman–Crippen MR) is 74.7 cm³/mol. The first kappa shape index (κ1) is 12.7. The van der Waals surface area contributed by atoms with Gasteiger partial charge in [-0.3, -0.25) is 0 Å². The molecule has 1 aromatic carbocycles. The molecule has 0 saturated heterocycles. The van der Waals surface area contributed by atoms with Crippen LogP contribution in [0.5, 0.6) is 0 Å². The van der Waals surface area contributed by atoms with Gasteiger partial charge in [0.1, 0.15) is 0 Å². The van der Waals surface area contributed by atoms with Crippen LogP contribution in [0.2, 0.25) is 0 Å². The second-order valence-corrected chi connectivity index (χ2v) is 4.70. The minimum Gasteiger partial charge on any atom is -0.399 e. The minimum absolute atomic E-state index is 0.191. The van der Waals surface area contributed by atoms with Crippen LogP contribution in [0.3, 0.4) is 0 Å². The molecule has 1 aromatic heterocycles. The molecule has 2 aromatic rings. The quantitative estimate of drug-likeness (QED) is 0.704. The van der Waals surface area contributed by atoms with Gasteiger partial charge in [0.05, 0.1) is 11.0 Å². The normalized spacial score (nSPS) is 11.3. The third-order valence-corrected chi connectivity index (χ3v) is 2.95. The number of nitrogens with two attached hydrogens (primary N) is 1. The summed E-state index contributed by atoms with van der Waals surface area (Å²) in [6.45, 7) is 5.19. The molecule has 18 heavy (non-hydrogen) atoms. The summed E-state index contributed by atoms with van der Waals surface area (Å²) in [5, 5.41) is 8.95. The number of nitrogens with zero attached hydrogens (tertiary/aromatic N) is 2. The van der Waals surface area contributed by atoms with Crippen molar-refractivity contribution in [3.05, 3.63) is 18.2 Å². The van der Waals surface area contributed by atoms with Crippen LogP contribution in [-0.2, 0) is 0 Å². The monoisotopic (exact) mass is 248 g/mol. The number of hydrogen-bond acceptors (Lipinski definition) is 4. The fraction of sp³-hybridized carbons (Fsp3) is 0.462. The number of nitrogen functional groups attached to an aromatic ring is 1. The Morgan fingerprint density at radius 1 is 1.44 bits per heavy atom. The highest BCUT2D eigenvalue weighted by Crippen LogP contribution is 2.21. The smallest absolute Gasteiger partial charge is 0.204 e. The summed E-state index contributed by atoms with van der Waals surface area (Å²) in [4.78, 5) is 9.99. The van der Waals surface area contributed by atoms with Crippen molar-refractivity contribution in [2.75, 3.05) is 23.8 Å². The summed E-state index contributed by atoms with van der Waals surface area (Å²) < 4.78 is 0. The number of aromatic amines is 1. The van der Waals surface area contributed by atoms with E-state index in [1.807, 2.05) is 18.2 Å². The second-order valence-electron chi connectivity index (χ2n) is 4.70. The van der Waals surface area contributed by atoms with E-state index >= 15 is 0 Å². The number of fused-ring (bicyclic) bond motifs is 1. The van der Waals surface area contributed by atoms with Gasteiger partial charge in [0.15, 0.2) is 0 Å². The van der Waals surface area contributed by atoms with Crippen LogP contribution >= 0.6 is 0 Å². The molecule has 0 amide bonds. The van der Waals surface area contributed by atoms with Gasteiger partial charge in [0, 0.05) is 24.9 Å². The molecular weight excluding hydrogens is 228 g/mol. The zero-order valence-corrected chi connectivity index (χ0v) is 10.8. The molecule has 0 unspecified atom stereocenters. The van der Waals surface area contributed by atoms with Crippen molar-refractivity contribution in [2.45, 2.75) is 26.3 Å². The third-order valence-electron chi connectivity index (χ3n) is 2.95. The third kappa shape index (κ3) is 2.56. The summed E-state index contributed by atoms with van der Waals surface area (Å²) in [5.74, 6) is 0.832. The van der Waals surface area contributed by atoms with Crippen LogP contribution < -0.4 is 10.6 Å². The van der Waals surface area contributed by atoms with E-state index in [1.54, 1.807) is 0 Å². The number of anilines is 2. The average molecular weight is 248 g/mol. The Hall–Kier alpha value is -1.75. The summed E-state index contributed by atoms with van der Waals surface area (Å²) in [5.41, 5.74) is 8.34. The molecule has 0 atom stereocenters. The number of aliphatic hydroxyl groups excluding tert-OH is 1. The standard InChI is InChI=1S/C13H20N4O/c1-9(2)17(6-3-7-18)13-15-11-5-4-10(14)8-12(11)16-13/h4-5,8-9,18H,3,6-7,14H2,1-2H3,(H,15,16). The summed E-state index contributed by atoms with van der Waals surface area (Å²) in [6, 6.07) is 5.97. The van der Waals surface area contributed by atoms with Crippen molar-refractivity contribution in [3.8, 4) is 0 Å². The highest BCUT2D eigenvalue weighted by atomic mass is 16.3. The lowest BCUT2D eigenvalue weighted by atomic mass is 10.3. The molecule has 4 N–H and O–H groups in total. The highest BCUT2D eigenvalue weighted by molar-refractivity contribution is 5.80. The van der Waals surface area contributed by atoms with Crippen molar-refractivity contribution < 1.29 is 5.11 Å².